The van der Waals surface area contributed by atoms with Crippen LogP contribution in [-0.2, 0) is 10.0 Å². The average molecular weight is 456 g/mol. The average Bonchev–Trinajstić information content (AvgIpc) is 3.36. The Morgan fingerprint density at radius 2 is 1.53 bits per heavy atom. The molecule has 2 aliphatic heterocycles. The third-order valence-electron chi connectivity index (χ3n) is 6.71. The summed E-state index contributed by atoms with van der Waals surface area (Å²) in [6.07, 6.45) is 4.25. The van der Waals surface area contributed by atoms with Crippen LogP contribution in [0.3, 0.4) is 0 Å². The van der Waals surface area contributed by atoms with Gasteiger partial charge in [0.2, 0.25) is 10.0 Å². The van der Waals surface area contributed by atoms with Crippen molar-refractivity contribution in [1.82, 2.24) is 9.62 Å². The normalized spacial score (nSPS) is 19.1. The third kappa shape index (κ3) is 4.99. The van der Waals surface area contributed by atoms with Crippen LogP contribution in [0.25, 0.3) is 0 Å². The molecule has 2 aliphatic rings. The second kappa shape index (κ2) is 9.63. The zero-order valence-corrected chi connectivity index (χ0v) is 19.8. The summed E-state index contributed by atoms with van der Waals surface area (Å²) in [7, 11) is -3.47. The first-order valence-electron chi connectivity index (χ1n) is 11.6. The number of nitrogens with one attached hydrogen (secondary N) is 1. The predicted octanol–water partition coefficient (Wildman–Crippen LogP) is 4.20. The second-order valence-corrected chi connectivity index (χ2v) is 11.0. The van der Waals surface area contributed by atoms with Crippen molar-refractivity contribution in [2.24, 2.45) is 5.92 Å². The lowest BCUT2D eigenvalue weighted by Crippen LogP contribution is -2.32. The van der Waals surface area contributed by atoms with Gasteiger partial charge < -0.3 is 10.2 Å². The first-order valence-corrected chi connectivity index (χ1v) is 13.0. The molecule has 0 radical (unpaired) electrons. The maximum atomic E-state index is 12.7. The SMILES string of the molecule is CC1CCN(c2ccc(C(C)NC(=O)c3ccc(S(=O)(=O)N4CCCC4)cc3)cc2)CC1. The standard InChI is InChI=1S/C25H33N3O3S/c1-19-13-17-27(18-14-19)23-9-5-21(6-10-23)20(2)26-25(29)22-7-11-24(12-8-22)32(30,31)28-15-3-4-16-28/h5-12,19-20H,3-4,13-18H2,1-2H3,(H,26,29). The number of piperidine rings is 1. The van der Waals surface area contributed by atoms with Crippen LogP contribution in [0.1, 0.15) is 61.5 Å². The molecule has 4 rings (SSSR count). The lowest BCUT2D eigenvalue weighted by Gasteiger charge is -2.32. The summed E-state index contributed by atoms with van der Waals surface area (Å²) in [4.78, 5) is 15.4. The number of amides is 1. The zero-order chi connectivity index (χ0) is 22.7. The molecule has 0 spiro atoms. The predicted molar refractivity (Wildman–Crippen MR) is 127 cm³/mol. The highest BCUT2D eigenvalue weighted by Crippen LogP contribution is 2.25. The van der Waals surface area contributed by atoms with E-state index in [0.717, 1.165) is 37.4 Å². The summed E-state index contributed by atoms with van der Waals surface area (Å²) in [5.74, 6) is 0.590. The quantitative estimate of drug-likeness (QED) is 0.709. The number of sulfonamides is 1. The van der Waals surface area contributed by atoms with Crippen molar-refractivity contribution in [2.45, 2.75) is 50.5 Å². The van der Waals surface area contributed by atoms with E-state index in [4.69, 9.17) is 0 Å². The number of benzene rings is 2. The Morgan fingerprint density at radius 1 is 0.938 bits per heavy atom. The number of anilines is 1. The Labute approximate surface area is 191 Å². The molecule has 6 nitrogen and oxygen atoms in total. The highest BCUT2D eigenvalue weighted by molar-refractivity contribution is 7.89. The number of rotatable bonds is 6. The molecule has 0 aliphatic carbocycles. The number of carbonyl (C=O) groups is 1. The molecule has 2 fully saturated rings. The Bertz CT molecular complexity index is 1020. The first-order chi connectivity index (χ1) is 15.3. The molecule has 2 saturated heterocycles. The number of hydrogen-bond acceptors (Lipinski definition) is 4. The minimum absolute atomic E-state index is 0.147. The molecule has 2 aromatic carbocycles. The molecule has 0 aromatic heterocycles. The molecular weight excluding hydrogens is 422 g/mol. The van der Waals surface area contributed by atoms with Gasteiger partial charge >= 0.3 is 0 Å². The smallest absolute Gasteiger partial charge is 0.251 e. The van der Waals surface area contributed by atoms with Crippen molar-refractivity contribution in [3.63, 3.8) is 0 Å². The molecule has 172 valence electrons. The van der Waals surface area contributed by atoms with Crippen LogP contribution in [0.2, 0.25) is 0 Å². The Hall–Kier alpha value is -2.38. The molecule has 32 heavy (non-hydrogen) atoms. The molecule has 0 bridgehead atoms. The Kier molecular flexibility index (Phi) is 6.86. The van der Waals surface area contributed by atoms with Gasteiger partial charge in [0.15, 0.2) is 0 Å². The van der Waals surface area contributed by atoms with Gasteiger partial charge in [-0.05, 0) is 80.5 Å². The molecule has 1 atom stereocenters. The van der Waals surface area contributed by atoms with Gasteiger partial charge in [-0.3, -0.25) is 4.79 Å². The molecule has 1 N–H and O–H groups in total. The lowest BCUT2D eigenvalue weighted by molar-refractivity contribution is 0.0940. The van der Waals surface area contributed by atoms with Crippen molar-refractivity contribution in [3.05, 3.63) is 59.7 Å². The minimum atomic E-state index is -3.47. The number of carbonyl (C=O) groups excluding carboxylic acids is 1. The van der Waals surface area contributed by atoms with Gasteiger partial charge in [0.1, 0.15) is 0 Å². The van der Waals surface area contributed by atoms with Crippen molar-refractivity contribution < 1.29 is 13.2 Å². The summed E-state index contributed by atoms with van der Waals surface area (Å²) in [6.45, 7) is 7.59. The van der Waals surface area contributed by atoms with Gasteiger partial charge in [0.25, 0.3) is 5.91 Å². The lowest BCUT2D eigenvalue weighted by atomic mass is 9.98. The van der Waals surface area contributed by atoms with E-state index >= 15 is 0 Å². The van der Waals surface area contributed by atoms with E-state index in [1.54, 1.807) is 12.1 Å². The summed E-state index contributed by atoms with van der Waals surface area (Å²) < 4.78 is 26.8. The van der Waals surface area contributed by atoms with E-state index in [2.05, 4.69) is 41.4 Å². The first kappa shape index (κ1) is 22.8. The van der Waals surface area contributed by atoms with Crippen molar-refractivity contribution in [1.29, 1.82) is 0 Å². The van der Waals surface area contributed by atoms with Crippen LogP contribution in [0.15, 0.2) is 53.4 Å². The van der Waals surface area contributed by atoms with Crippen LogP contribution in [0.4, 0.5) is 5.69 Å². The highest BCUT2D eigenvalue weighted by Gasteiger charge is 2.27. The summed E-state index contributed by atoms with van der Waals surface area (Å²) in [5.41, 5.74) is 2.73. The van der Waals surface area contributed by atoms with Gasteiger partial charge in [0, 0.05) is 37.4 Å². The number of hydrogen-bond donors (Lipinski definition) is 1. The van der Waals surface area contributed by atoms with Crippen LogP contribution in [0, 0.1) is 5.92 Å². The van der Waals surface area contributed by atoms with E-state index in [1.807, 2.05) is 6.92 Å². The van der Waals surface area contributed by atoms with Gasteiger partial charge in [-0.2, -0.15) is 4.31 Å². The number of nitrogens with zero attached hydrogens (tertiary/aromatic N) is 2. The minimum Gasteiger partial charge on any atom is -0.372 e. The van der Waals surface area contributed by atoms with Gasteiger partial charge in [0.05, 0.1) is 10.9 Å². The van der Waals surface area contributed by atoms with E-state index in [-0.39, 0.29) is 16.8 Å². The van der Waals surface area contributed by atoms with Crippen LogP contribution in [-0.4, -0.2) is 44.8 Å². The Balaban J connectivity index is 1.37. The third-order valence-corrected chi connectivity index (χ3v) is 8.62. The van der Waals surface area contributed by atoms with E-state index in [0.29, 0.717) is 18.7 Å². The summed E-state index contributed by atoms with van der Waals surface area (Å²) >= 11 is 0. The van der Waals surface area contributed by atoms with E-state index in [1.165, 1.54) is 35.0 Å². The highest BCUT2D eigenvalue weighted by atomic mass is 32.2. The van der Waals surface area contributed by atoms with Crippen molar-refractivity contribution in [2.75, 3.05) is 31.1 Å². The van der Waals surface area contributed by atoms with Crippen LogP contribution in [0.5, 0.6) is 0 Å². The largest absolute Gasteiger partial charge is 0.372 e. The van der Waals surface area contributed by atoms with Gasteiger partial charge in [-0.1, -0.05) is 19.1 Å². The second-order valence-electron chi connectivity index (χ2n) is 9.09. The maximum Gasteiger partial charge on any atom is 0.251 e. The van der Waals surface area contributed by atoms with Crippen molar-refractivity contribution >= 4 is 21.6 Å². The molecule has 7 heteroatoms. The van der Waals surface area contributed by atoms with E-state index in [9.17, 15) is 13.2 Å². The summed E-state index contributed by atoms with van der Waals surface area (Å²) in [5, 5.41) is 3.02. The maximum absolute atomic E-state index is 12.7. The van der Waals surface area contributed by atoms with E-state index < -0.39 is 10.0 Å². The molecule has 1 unspecified atom stereocenters. The van der Waals surface area contributed by atoms with Crippen LogP contribution < -0.4 is 10.2 Å². The van der Waals surface area contributed by atoms with Gasteiger partial charge in [-0.25, -0.2) is 8.42 Å². The molecular formula is C25H33N3O3S. The molecule has 1 amide bonds. The topological polar surface area (TPSA) is 69.7 Å². The summed E-state index contributed by atoms with van der Waals surface area (Å²) in [6, 6.07) is 14.5. The molecule has 2 aromatic rings. The fourth-order valence-electron chi connectivity index (χ4n) is 4.46. The molecule has 0 saturated carbocycles. The fraction of sp³-hybridized carbons (Fsp3) is 0.480. The Morgan fingerprint density at radius 3 is 2.12 bits per heavy atom. The zero-order valence-electron chi connectivity index (χ0n) is 19.0. The van der Waals surface area contributed by atoms with Gasteiger partial charge in [-0.15, -0.1) is 0 Å². The fourth-order valence-corrected chi connectivity index (χ4v) is 5.98. The monoisotopic (exact) mass is 455 g/mol. The van der Waals surface area contributed by atoms with Crippen molar-refractivity contribution in [3.8, 4) is 0 Å². The molecule has 2 heterocycles. The van der Waals surface area contributed by atoms with Crippen LogP contribution >= 0.6 is 0 Å².